The number of urea groups is 1. The average molecular weight is 471 g/mol. The number of nitrogens with one attached hydrogen (secondary N) is 2. The van der Waals surface area contributed by atoms with E-state index in [1.807, 2.05) is 0 Å². The lowest BCUT2D eigenvalue weighted by Crippen LogP contribution is -2.67. The summed E-state index contributed by atoms with van der Waals surface area (Å²) in [6.07, 6.45) is 4.66. The van der Waals surface area contributed by atoms with Crippen LogP contribution in [0.15, 0.2) is 11.6 Å². The number of amides is 6. The zero-order valence-corrected chi connectivity index (χ0v) is 18.3. The fraction of sp³-hybridized carbons (Fsp3) is 0.611. The molecule has 2 fully saturated rings. The molecule has 0 spiro atoms. The Bertz CT molecular complexity index is 978. The summed E-state index contributed by atoms with van der Waals surface area (Å²) >= 11 is 0. The maximum absolute atomic E-state index is 12.9. The van der Waals surface area contributed by atoms with Gasteiger partial charge in [0.15, 0.2) is 0 Å². The molecule has 0 bridgehead atoms. The maximum atomic E-state index is 12.9. The van der Waals surface area contributed by atoms with Gasteiger partial charge in [0.05, 0.1) is 6.54 Å². The monoisotopic (exact) mass is 471 g/mol. The molecule has 0 aromatic carbocycles. The predicted molar refractivity (Wildman–Crippen MR) is 108 cm³/mol. The predicted octanol–water partition coefficient (Wildman–Crippen LogP) is -1.61. The first-order valence-electron chi connectivity index (χ1n) is 10.2. The molecule has 13 nitrogen and oxygen atoms in total. The number of β-lactam (4-membered cyclic amide) rings is 1. The Morgan fingerprint density at radius 3 is 2.47 bits per heavy atom. The molecule has 2 heterocycles. The van der Waals surface area contributed by atoms with E-state index in [4.69, 9.17) is 4.55 Å². The lowest BCUT2D eigenvalue weighted by molar-refractivity contribution is -0.153. The molecule has 3 N–H and O–H groups in total. The van der Waals surface area contributed by atoms with Gasteiger partial charge in [-0.1, -0.05) is 6.08 Å². The van der Waals surface area contributed by atoms with Crippen molar-refractivity contribution >= 4 is 40.0 Å². The number of carbonyl (C=O) groups is 5. The van der Waals surface area contributed by atoms with E-state index in [1.165, 1.54) is 4.90 Å². The van der Waals surface area contributed by atoms with Crippen molar-refractivity contribution in [2.75, 3.05) is 26.2 Å². The highest BCUT2D eigenvalue weighted by atomic mass is 32.2. The van der Waals surface area contributed by atoms with E-state index >= 15 is 0 Å². The largest absolute Gasteiger partial charge is 0.362 e. The summed E-state index contributed by atoms with van der Waals surface area (Å²) < 4.78 is 31.3. The Labute approximate surface area is 184 Å². The molecule has 176 valence electrons. The first kappa shape index (κ1) is 23.7. The number of likely N-dealkylation sites (N-methyl/N-ethyl adjacent to an activating group) is 1. The second-order valence-electron chi connectivity index (χ2n) is 7.66. The highest BCUT2D eigenvalue weighted by molar-refractivity contribution is 7.84. The van der Waals surface area contributed by atoms with E-state index in [-0.39, 0.29) is 17.4 Å². The smallest absolute Gasteiger partial charge is 0.341 e. The summed E-state index contributed by atoms with van der Waals surface area (Å²) in [5, 5.41) is 4.84. The fourth-order valence-corrected chi connectivity index (χ4v) is 4.48. The molecular formula is C18H25N5O8S. The first-order valence-corrected chi connectivity index (χ1v) is 11.6. The number of allylic oxidation sites excluding steroid dienone is 1. The summed E-state index contributed by atoms with van der Waals surface area (Å²) in [5.41, 5.74) is 0.589. The number of carbonyl (C=O) groups excluding carboxylic acids is 5. The van der Waals surface area contributed by atoms with Crippen LogP contribution in [0, 0.1) is 0 Å². The molecule has 2 unspecified atom stereocenters. The molecule has 32 heavy (non-hydrogen) atoms. The minimum absolute atomic E-state index is 0.0257. The van der Waals surface area contributed by atoms with Gasteiger partial charge in [-0.25, -0.2) is 9.10 Å². The van der Waals surface area contributed by atoms with Gasteiger partial charge >= 0.3 is 28.1 Å². The van der Waals surface area contributed by atoms with Crippen molar-refractivity contribution < 1.29 is 36.9 Å². The van der Waals surface area contributed by atoms with Crippen molar-refractivity contribution in [1.82, 2.24) is 24.7 Å². The topological polar surface area (TPSA) is 173 Å². The lowest BCUT2D eigenvalue weighted by Gasteiger charge is -2.37. The highest BCUT2D eigenvalue weighted by Crippen LogP contribution is 2.22. The maximum Gasteiger partial charge on any atom is 0.362 e. The molecule has 14 heteroatoms. The molecule has 6 amide bonds. The van der Waals surface area contributed by atoms with E-state index in [1.54, 1.807) is 13.0 Å². The fourth-order valence-electron chi connectivity index (χ4n) is 3.79. The Hall–Kier alpha value is -3.00. The van der Waals surface area contributed by atoms with Gasteiger partial charge in [-0.2, -0.15) is 8.42 Å². The normalized spacial score (nSPS) is 22.8. The number of piperazine rings is 1. The van der Waals surface area contributed by atoms with Gasteiger partial charge in [-0.05, 0) is 38.2 Å². The molecule has 3 rings (SSSR count). The van der Waals surface area contributed by atoms with E-state index in [0.29, 0.717) is 25.0 Å². The summed E-state index contributed by atoms with van der Waals surface area (Å²) in [4.78, 5) is 64.0. The number of hydrogen-bond acceptors (Lipinski definition) is 7. The van der Waals surface area contributed by atoms with Gasteiger partial charge in [0, 0.05) is 19.6 Å². The minimum Gasteiger partial charge on any atom is -0.341 e. The number of hydrogen-bond donors (Lipinski definition) is 3. The van der Waals surface area contributed by atoms with Crippen molar-refractivity contribution in [3.05, 3.63) is 11.6 Å². The first-order chi connectivity index (χ1) is 15.0. The van der Waals surface area contributed by atoms with Gasteiger partial charge in [0.25, 0.3) is 5.91 Å². The van der Waals surface area contributed by atoms with Crippen LogP contribution in [-0.2, 0) is 29.5 Å². The van der Waals surface area contributed by atoms with Gasteiger partial charge in [-0.3, -0.25) is 28.6 Å². The highest BCUT2D eigenvalue weighted by Gasteiger charge is 2.45. The van der Waals surface area contributed by atoms with Crippen LogP contribution < -0.4 is 10.6 Å². The molecule has 0 radical (unpaired) electrons. The SMILES string of the molecule is CCN1CCN(C(=O)NC(C(=O)NC2CN(S(=O)(=O)O)C2=O)C2=CCCCC2)C(=O)C1=O. The van der Waals surface area contributed by atoms with Crippen LogP contribution in [0.2, 0.25) is 0 Å². The molecular weight excluding hydrogens is 446 g/mol. The van der Waals surface area contributed by atoms with Gasteiger partial charge in [0.1, 0.15) is 12.1 Å². The summed E-state index contributed by atoms with van der Waals surface area (Å²) in [6, 6.07) is -3.29. The third-order valence-corrected chi connectivity index (χ3v) is 6.54. The van der Waals surface area contributed by atoms with Crippen molar-refractivity contribution in [3.63, 3.8) is 0 Å². The van der Waals surface area contributed by atoms with E-state index in [9.17, 15) is 32.4 Å². The van der Waals surface area contributed by atoms with Gasteiger partial charge < -0.3 is 15.5 Å². The van der Waals surface area contributed by atoms with E-state index < -0.39 is 58.6 Å². The summed E-state index contributed by atoms with van der Waals surface area (Å²) in [6.45, 7) is 1.75. The molecule has 2 atom stereocenters. The molecule has 3 aliphatic rings. The standard InChI is InChI=1S/C18H25N5O8S/c1-2-21-8-9-22(17(27)16(21)26)18(28)20-13(11-6-4-3-5-7-11)14(24)19-12-10-23(15(12)25)32(29,30)31/h6,12-13H,2-5,7-10H2,1H3,(H,19,24)(H,20,28)(H,29,30,31). The Morgan fingerprint density at radius 2 is 1.91 bits per heavy atom. The third kappa shape index (κ3) is 4.75. The van der Waals surface area contributed by atoms with Crippen LogP contribution in [0.5, 0.6) is 0 Å². The molecule has 2 aliphatic heterocycles. The van der Waals surface area contributed by atoms with E-state index in [2.05, 4.69) is 10.6 Å². The van der Waals surface area contributed by atoms with Crippen molar-refractivity contribution in [1.29, 1.82) is 0 Å². The molecule has 0 aromatic rings. The number of nitrogens with zero attached hydrogens (tertiary/aromatic N) is 3. The third-order valence-electron chi connectivity index (χ3n) is 5.65. The van der Waals surface area contributed by atoms with Crippen molar-refractivity contribution in [3.8, 4) is 0 Å². The van der Waals surface area contributed by atoms with Crippen LogP contribution in [0.4, 0.5) is 4.79 Å². The second kappa shape index (κ2) is 9.24. The molecule has 0 aromatic heterocycles. The second-order valence-corrected chi connectivity index (χ2v) is 8.99. The van der Waals surface area contributed by atoms with Crippen molar-refractivity contribution in [2.24, 2.45) is 0 Å². The lowest BCUT2D eigenvalue weighted by atomic mass is 9.93. The Morgan fingerprint density at radius 1 is 1.19 bits per heavy atom. The van der Waals surface area contributed by atoms with E-state index in [0.717, 1.165) is 17.7 Å². The van der Waals surface area contributed by atoms with Crippen LogP contribution in [0.1, 0.15) is 32.6 Å². The number of rotatable bonds is 6. The minimum atomic E-state index is -4.71. The summed E-state index contributed by atoms with van der Waals surface area (Å²) in [7, 11) is -4.71. The van der Waals surface area contributed by atoms with Gasteiger partial charge in [-0.15, -0.1) is 0 Å². The quantitative estimate of drug-likeness (QED) is 0.179. The van der Waals surface area contributed by atoms with Crippen molar-refractivity contribution in [2.45, 2.75) is 44.7 Å². The van der Waals surface area contributed by atoms with Crippen LogP contribution in [-0.4, -0.2) is 95.0 Å². The van der Waals surface area contributed by atoms with Crippen LogP contribution >= 0.6 is 0 Å². The van der Waals surface area contributed by atoms with Crippen LogP contribution in [0.3, 0.4) is 0 Å². The van der Waals surface area contributed by atoms with Crippen LogP contribution in [0.25, 0.3) is 0 Å². The summed E-state index contributed by atoms with van der Waals surface area (Å²) in [5.74, 6) is -3.56. The Balaban J connectivity index is 1.71. The molecule has 0 saturated carbocycles. The Kier molecular flexibility index (Phi) is 6.83. The molecule has 1 aliphatic carbocycles. The zero-order valence-electron chi connectivity index (χ0n) is 17.4. The number of imide groups is 1. The molecule has 2 saturated heterocycles. The average Bonchev–Trinajstić information content (AvgIpc) is 2.75. The van der Waals surface area contributed by atoms with Gasteiger partial charge in [0.2, 0.25) is 5.91 Å². The zero-order chi connectivity index (χ0) is 23.6.